The first-order valence-corrected chi connectivity index (χ1v) is 6.18. The van der Waals surface area contributed by atoms with E-state index in [4.69, 9.17) is 5.11 Å². The van der Waals surface area contributed by atoms with Crippen molar-refractivity contribution in [2.24, 2.45) is 5.92 Å². The van der Waals surface area contributed by atoms with Crippen LogP contribution in [0.2, 0.25) is 0 Å². The molecule has 5 nitrogen and oxygen atoms in total. The van der Waals surface area contributed by atoms with Crippen LogP contribution in [0.25, 0.3) is 0 Å². The third-order valence-electron chi connectivity index (χ3n) is 3.05. The normalized spacial score (nSPS) is 19.7. The summed E-state index contributed by atoms with van der Waals surface area (Å²) in [5, 5.41) is 12.4. The molecule has 1 aromatic rings. The Hall–Kier alpha value is -1.36. The Balaban J connectivity index is 2.15. The fourth-order valence-electron chi connectivity index (χ4n) is 2.18. The molecule has 0 radical (unpaired) electrons. The highest BCUT2D eigenvalue weighted by Gasteiger charge is 2.23. The Morgan fingerprint density at radius 3 is 3.00 bits per heavy atom. The highest BCUT2D eigenvalue weighted by atomic mass is 16.3. The average molecular weight is 236 g/mol. The molecule has 1 atom stereocenters. The summed E-state index contributed by atoms with van der Waals surface area (Å²) in [5.74, 6) is 3.01. The van der Waals surface area contributed by atoms with E-state index in [1.165, 1.54) is 0 Å². The summed E-state index contributed by atoms with van der Waals surface area (Å²) in [4.78, 5) is 11.0. The number of hydrogen-bond acceptors (Lipinski definition) is 5. The molecule has 0 saturated carbocycles. The lowest BCUT2D eigenvalue weighted by Gasteiger charge is -2.18. The Labute approximate surface area is 102 Å². The molecule has 1 aliphatic rings. The minimum atomic E-state index is 0.265. The van der Waals surface area contributed by atoms with Gasteiger partial charge in [0.2, 0.25) is 0 Å². The van der Waals surface area contributed by atoms with E-state index in [-0.39, 0.29) is 6.61 Å². The zero-order valence-electron chi connectivity index (χ0n) is 10.5. The molecule has 1 saturated heterocycles. The van der Waals surface area contributed by atoms with Gasteiger partial charge >= 0.3 is 0 Å². The van der Waals surface area contributed by atoms with Gasteiger partial charge in [-0.2, -0.15) is 0 Å². The molecule has 2 N–H and O–H groups in total. The average Bonchev–Trinajstić information content (AvgIpc) is 2.77. The molecule has 2 heterocycles. The highest BCUT2D eigenvalue weighted by molar-refractivity contribution is 5.50. The van der Waals surface area contributed by atoms with Gasteiger partial charge in [0.25, 0.3) is 0 Å². The Morgan fingerprint density at radius 1 is 1.53 bits per heavy atom. The second-order valence-electron chi connectivity index (χ2n) is 4.47. The molecular weight excluding hydrogens is 216 g/mol. The number of rotatable bonds is 4. The van der Waals surface area contributed by atoms with Crippen LogP contribution in [0.5, 0.6) is 0 Å². The first-order valence-electron chi connectivity index (χ1n) is 6.18. The summed E-state index contributed by atoms with van der Waals surface area (Å²) in [6, 6.07) is 1.98. The van der Waals surface area contributed by atoms with Gasteiger partial charge in [-0.05, 0) is 20.3 Å². The smallest absolute Gasteiger partial charge is 0.134 e. The lowest BCUT2D eigenvalue weighted by Crippen LogP contribution is -2.22. The molecule has 17 heavy (non-hydrogen) atoms. The molecule has 5 heteroatoms. The molecule has 0 bridgehead atoms. The van der Waals surface area contributed by atoms with Gasteiger partial charge in [-0.15, -0.1) is 0 Å². The minimum absolute atomic E-state index is 0.265. The van der Waals surface area contributed by atoms with E-state index in [2.05, 4.69) is 27.1 Å². The predicted molar refractivity (Wildman–Crippen MR) is 68.3 cm³/mol. The number of aliphatic hydroxyl groups excluding tert-OH is 1. The molecule has 0 spiro atoms. The van der Waals surface area contributed by atoms with Gasteiger partial charge in [0, 0.05) is 38.2 Å². The summed E-state index contributed by atoms with van der Waals surface area (Å²) in [7, 11) is 0. The van der Waals surface area contributed by atoms with Crippen molar-refractivity contribution in [1.29, 1.82) is 0 Å². The van der Waals surface area contributed by atoms with E-state index in [0.717, 1.165) is 43.5 Å². The number of nitrogens with one attached hydrogen (secondary N) is 1. The van der Waals surface area contributed by atoms with Crippen LogP contribution in [-0.2, 0) is 0 Å². The number of aryl methyl sites for hydroxylation is 1. The van der Waals surface area contributed by atoms with E-state index in [9.17, 15) is 0 Å². The van der Waals surface area contributed by atoms with Crippen LogP contribution in [0, 0.1) is 12.8 Å². The largest absolute Gasteiger partial charge is 0.396 e. The van der Waals surface area contributed by atoms with Crippen molar-refractivity contribution in [2.45, 2.75) is 20.3 Å². The number of aromatic nitrogens is 2. The van der Waals surface area contributed by atoms with E-state index in [0.29, 0.717) is 5.92 Å². The second-order valence-corrected chi connectivity index (χ2v) is 4.47. The van der Waals surface area contributed by atoms with Gasteiger partial charge in [-0.25, -0.2) is 9.97 Å². The third kappa shape index (κ3) is 2.85. The Kier molecular flexibility index (Phi) is 3.78. The molecule has 94 valence electrons. The van der Waals surface area contributed by atoms with E-state index in [1.54, 1.807) is 0 Å². The van der Waals surface area contributed by atoms with E-state index < -0.39 is 0 Å². The maximum absolute atomic E-state index is 9.15. The maximum atomic E-state index is 9.15. The van der Waals surface area contributed by atoms with Crippen molar-refractivity contribution in [3.8, 4) is 0 Å². The van der Waals surface area contributed by atoms with Gasteiger partial charge in [-0.1, -0.05) is 0 Å². The maximum Gasteiger partial charge on any atom is 0.134 e. The standard InChI is InChI=1S/C12H20N4O/c1-3-13-11-6-12(15-9(2)14-11)16-5-4-10(7-16)8-17/h6,10,17H,3-5,7-8H2,1-2H3,(H,13,14,15). The fourth-order valence-corrected chi connectivity index (χ4v) is 2.18. The molecule has 2 rings (SSSR count). The molecule has 1 aliphatic heterocycles. The third-order valence-corrected chi connectivity index (χ3v) is 3.05. The second kappa shape index (κ2) is 5.31. The van der Waals surface area contributed by atoms with Crippen molar-refractivity contribution in [3.63, 3.8) is 0 Å². The Bertz CT molecular complexity index is 383. The highest BCUT2D eigenvalue weighted by Crippen LogP contribution is 2.23. The van der Waals surface area contributed by atoms with Crippen molar-refractivity contribution >= 4 is 11.6 Å². The van der Waals surface area contributed by atoms with Crippen molar-refractivity contribution in [3.05, 3.63) is 11.9 Å². The molecule has 0 aromatic carbocycles. The van der Waals surface area contributed by atoms with Gasteiger partial charge in [0.15, 0.2) is 0 Å². The van der Waals surface area contributed by atoms with Crippen LogP contribution >= 0.6 is 0 Å². The van der Waals surface area contributed by atoms with Gasteiger partial charge < -0.3 is 15.3 Å². The minimum Gasteiger partial charge on any atom is -0.396 e. The zero-order chi connectivity index (χ0) is 12.3. The molecule has 1 aromatic heterocycles. The van der Waals surface area contributed by atoms with Crippen molar-refractivity contribution < 1.29 is 5.11 Å². The topological polar surface area (TPSA) is 61.3 Å². The number of anilines is 2. The molecular formula is C12H20N4O. The van der Waals surface area contributed by atoms with E-state index >= 15 is 0 Å². The number of aliphatic hydroxyl groups is 1. The number of nitrogens with zero attached hydrogens (tertiary/aromatic N) is 3. The molecule has 0 amide bonds. The Morgan fingerprint density at radius 2 is 2.35 bits per heavy atom. The van der Waals surface area contributed by atoms with E-state index in [1.807, 2.05) is 13.0 Å². The molecule has 1 fully saturated rings. The first-order chi connectivity index (χ1) is 8.22. The van der Waals surface area contributed by atoms with Crippen molar-refractivity contribution in [2.75, 3.05) is 36.5 Å². The van der Waals surface area contributed by atoms with Crippen LogP contribution in [-0.4, -0.2) is 41.3 Å². The van der Waals surface area contributed by atoms with Crippen molar-refractivity contribution in [1.82, 2.24) is 9.97 Å². The first kappa shape index (κ1) is 12.1. The van der Waals surface area contributed by atoms with Crippen LogP contribution in [0.1, 0.15) is 19.2 Å². The summed E-state index contributed by atoms with van der Waals surface area (Å²) >= 11 is 0. The van der Waals surface area contributed by atoms with Crippen LogP contribution in [0.3, 0.4) is 0 Å². The SMILES string of the molecule is CCNc1cc(N2CCC(CO)C2)nc(C)n1. The number of hydrogen-bond donors (Lipinski definition) is 2. The lowest BCUT2D eigenvalue weighted by atomic mass is 10.1. The summed E-state index contributed by atoms with van der Waals surface area (Å²) in [5.41, 5.74) is 0. The zero-order valence-corrected chi connectivity index (χ0v) is 10.5. The fraction of sp³-hybridized carbons (Fsp3) is 0.667. The van der Waals surface area contributed by atoms with Gasteiger partial charge in [-0.3, -0.25) is 0 Å². The molecule has 0 aliphatic carbocycles. The van der Waals surface area contributed by atoms with Gasteiger partial charge in [0.05, 0.1) is 0 Å². The monoisotopic (exact) mass is 236 g/mol. The van der Waals surface area contributed by atoms with Crippen LogP contribution in [0.15, 0.2) is 6.07 Å². The summed E-state index contributed by atoms with van der Waals surface area (Å²) in [6.45, 7) is 6.93. The van der Waals surface area contributed by atoms with Crippen LogP contribution < -0.4 is 10.2 Å². The lowest BCUT2D eigenvalue weighted by molar-refractivity contribution is 0.238. The summed E-state index contributed by atoms with van der Waals surface area (Å²) < 4.78 is 0. The quantitative estimate of drug-likeness (QED) is 0.818. The summed E-state index contributed by atoms with van der Waals surface area (Å²) in [6.07, 6.45) is 1.04. The van der Waals surface area contributed by atoms with Crippen LogP contribution in [0.4, 0.5) is 11.6 Å². The predicted octanol–water partition coefficient (Wildman–Crippen LogP) is 1.04. The van der Waals surface area contributed by atoms with Gasteiger partial charge in [0.1, 0.15) is 17.5 Å². The molecule has 1 unspecified atom stereocenters.